The normalized spacial score (nSPS) is 10.3. The topological polar surface area (TPSA) is 55.1 Å². The molecule has 0 fully saturated rings. The number of halogens is 2. The number of hydrogen-bond acceptors (Lipinski definition) is 2. The summed E-state index contributed by atoms with van der Waals surface area (Å²) >= 11 is 11.8. The second-order valence-corrected chi connectivity index (χ2v) is 4.99. The number of anilines is 2. The fraction of sp³-hybridized carbons (Fsp3) is 0.0714. The first kappa shape index (κ1) is 13.7. The second-order valence-electron chi connectivity index (χ2n) is 4.15. The molecule has 0 saturated carbocycles. The molecule has 0 unspecified atom stereocenters. The lowest BCUT2D eigenvalue weighted by Gasteiger charge is -2.09. The van der Waals surface area contributed by atoms with Crippen LogP contribution in [0.1, 0.15) is 15.9 Å². The summed E-state index contributed by atoms with van der Waals surface area (Å²) in [5.41, 5.74) is 8.22. The zero-order chi connectivity index (χ0) is 14.0. The third kappa shape index (κ3) is 3.19. The Morgan fingerprint density at radius 1 is 1.16 bits per heavy atom. The van der Waals surface area contributed by atoms with Crippen LogP contribution in [0.5, 0.6) is 0 Å². The Bertz CT molecular complexity index is 641. The lowest BCUT2D eigenvalue weighted by molar-refractivity contribution is 0.102. The Kier molecular flexibility index (Phi) is 3.98. The van der Waals surface area contributed by atoms with Crippen molar-refractivity contribution in [3.8, 4) is 0 Å². The average Bonchev–Trinajstić information content (AvgIpc) is 2.37. The van der Waals surface area contributed by atoms with Crippen LogP contribution >= 0.6 is 23.2 Å². The average molecular weight is 295 g/mol. The van der Waals surface area contributed by atoms with Gasteiger partial charge in [-0.3, -0.25) is 4.79 Å². The van der Waals surface area contributed by atoms with Crippen LogP contribution < -0.4 is 11.1 Å². The zero-order valence-electron chi connectivity index (χ0n) is 10.2. The van der Waals surface area contributed by atoms with Crippen LogP contribution in [0.4, 0.5) is 11.4 Å². The summed E-state index contributed by atoms with van der Waals surface area (Å²) in [5, 5.41) is 3.63. The molecule has 2 aromatic carbocycles. The maximum Gasteiger partial charge on any atom is 0.255 e. The van der Waals surface area contributed by atoms with Crippen LogP contribution in [-0.4, -0.2) is 5.91 Å². The number of nitrogens with one attached hydrogen (secondary N) is 1. The minimum absolute atomic E-state index is 0.282. The number of benzene rings is 2. The van der Waals surface area contributed by atoms with Crippen LogP contribution in [-0.2, 0) is 0 Å². The van der Waals surface area contributed by atoms with Crippen molar-refractivity contribution in [3.05, 3.63) is 57.6 Å². The summed E-state index contributed by atoms with van der Waals surface area (Å²) in [5.74, 6) is -0.282. The third-order valence-corrected chi connectivity index (χ3v) is 3.28. The molecule has 0 bridgehead atoms. The zero-order valence-corrected chi connectivity index (χ0v) is 11.7. The van der Waals surface area contributed by atoms with Gasteiger partial charge in [0.2, 0.25) is 0 Å². The number of hydrogen-bond donors (Lipinski definition) is 2. The van der Waals surface area contributed by atoms with E-state index in [0.717, 1.165) is 5.56 Å². The first-order valence-corrected chi connectivity index (χ1v) is 6.35. The molecule has 3 N–H and O–H groups in total. The summed E-state index contributed by atoms with van der Waals surface area (Å²) in [7, 11) is 0. The highest BCUT2D eigenvalue weighted by Crippen LogP contribution is 2.26. The number of rotatable bonds is 2. The Morgan fingerprint density at radius 3 is 2.58 bits per heavy atom. The minimum atomic E-state index is -0.282. The number of amides is 1. The van der Waals surface area contributed by atoms with Gasteiger partial charge >= 0.3 is 0 Å². The summed E-state index contributed by atoms with van der Waals surface area (Å²) in [6.07, 6.45) is 0. The molecule has 19 heavy (non-hydrogen) atoms. The molecular formula is C14H12Cl2N2O. The van der Waals surface area contributed by atoms with Gasteiger partial charge in [0, 0.05) is 16.3 Å². The van der Waals surface area contributed by atoms with Crippen molar-refractivity contribution in [2.75, 3.05) is 11.1 Å². The predicted molar refractivity (Wildman–Crippen MR) is 80.0 cm³/mol. The van der Waals surface area contributed by atoms with E-state index in [1.807, 2.05) is 6.92 Å². The number of nitrogen functional groups attached to an aromatic ring is 1. The monoisotopic (exact) mass is 294 g/mol. The Labute approximate surface area is 121 Å². The van der Waals surface area contributed by atoms with Gasteiger partial charge in [-0.1, -0.05) is 29.3 Å². The van der Waals surface area contributed by atoms with E-state index in [2.05, 4.69) is 5.32 Å². The Morgan fingerprint density at radius 2 is 1.89 bits per heavy atom. The van der Waals surface area contributed by atoms with E-state index in [0.29, 0.717) is 27.0 Å². The van der Waals surface area contributed by atoms with Gasteiger partial charge in [0.1, 0.15) is 0 Å². The molecule has 2 rings (SSSR count). The molecule has 0 aliphatic rings. The van der Waals surface area contributed by atoms with Crippen molar-refractivity contribution in [1.29, 1.82) is 0 Å². The number of carbonyl (C=O) groups excluding carboxylic acids is 1. The van der Waals surface area contributed by atoms with E-state index in [9.17, 15) is 4.79 Å². The Balaban J connectivity index is 2.25. The first-order chi connectivity index (χ1) is 8.97. The highest BCUT2D eigenvalue weighted by Gasteiger charge is 2.10. The molecule has 0 atom stereocenters. The molecule has 0 heterocycles. The first-order valence-electron chi connectivity index (χ1n) is 5.60. The van der Waals surface area contributed by atoms with Crippen LogP contribution in [0.3, 0.4) is 0 Å². The van der Waals surface area contributed by atoms with E-state index in [1.165, 1.54) is 0 Å². The SMILES string of the molecule is Cc1ccc(C(=O)Nc2cc(Cl)ccc2Cl)cc1N. The van der Waals surface area contributed by atoms with Gasteiger partial charge in [-0.2, -0.15) is 0 Å². The summed E-state index contributed by atoms with van der Waals surface area (Å²) < 4.78 is 0. The maximum atomic E-state index is 12.1. The summed E-state index contributed by atoms with van der Waals surface area (Å²) in [6, 6.07) is 10.0. The highest BCUT2D eigenvalue weighted by molar-refractivity contribution is 6.35. The maximum absolute atomic E-state index is 12.1. The van der Waals surface area contributed by atoms with Crippen molar-refractivity contribution in [1.82, 2.24) is 0 Å². The standard InChI is InChI=1S/C14H12Cl2N2O/c1-8-2-3-9(6-12(8)17)14(19)18-13-7-10(15)4-5-11(13)16/h2-7H,17H2,1H3,(H,18,19). The number of nitrogens with two attached hydrogens (primary N) is 1. The molecule has 0 saturated heterocycles. The van der Waals surface area contributed by atoms with Gasteiger partial charge in [-0.05, 0) is 42.8 Å². The second kappa shape index (κ2) is 5.51. The van der Waals surface area contributed by atoms with E-state index >= 15 is 0 Å². The van der Waals surface area contributed by atoms with Gasteiger partial charge in [-0.25, -0.2) is 0 Å². The van der Waals surface area contributed by atoms with Crippen LogP contribution in [0.25, 0.3) is 0 Å². The van der Waals surface area contributed by atoms with Crippen molar-refractivity contribution in [2.45, 2.75) is 6.92 Å². The summed E-state index contributed by atoms with van der Waals surface area (Å²) in [4.78, 5) is 12.1. The summed E-state index contributed by atoms with van der Waals surface area (Å²) in [6.45, 7) is 1.88. The minimum Gasteiger partial charge on any atom is -0.398 e. The number of carbonyl (C=O) groups is 1. The molecule has 1 amide bonds. The fourth-order valence-corrected chi connectivity index (χ4v) is 1.91. The van der Waals surface area contributed by atoms with Crippen LogP contribution in [0, 0.1) is 6.92 Å². The Hall–Kier alpha value is -1.71. The van der Waals surface area contributed by atoms with Gasteiger partial charge in [0.05, 0.1) is 10.7 Å². The molecular weight excluding hydrogens is 283 g/mol. The van der Waals surface area contributed by atoms with Crippen LogP contribution in [0.15, 0.2) is 36.4 Å². The van der Waals surface area contributed by atoms with Gasteiger partial charge < -0.3 is 11.1 Å². The fourth-order valence-electron chi connectivity index (χ4n) is 1.57. The molecule has 5 heteroatoms. The van der Waals surface area contributed by atoms with Gasteiger partial charge in [0.25, 0.3) is 5.91 Å². The lowest BCUT2D eigenvalue weighted by Crippen LogP contribution is -2.12. The van der Waals surface area contributed by atoms with Crippen molar-refractivity contribution < 1.29 is 4.79 Å². The molecule has 0 aliphatic carbocycles. The lowest BCUT2D eigenvalue weighted by atomic mass is 10.1. The van der Waals surface area contributed by atoms with Crippen molar-refractivity contribution >= 4 is 40.5 Å². The molecule has 98 valence electrons. The van der Waals surface area contributed by atoms with Gasteiger partial charge in [-0.15, -0.1) is 0 Å². The van der Waals surface area contributed by atoms with Crippen molar-refractivity contribution in [2.24, 2.45) is 0 Å². The van der Waals surface area contributed by atoms with Crippen LogP contribution in [0.2, 0.25) is 10.0 Å². The molecule has 0 radical (unpaired) electrons. The highest BCUT2D eigenvalue weighted by atomic mass is 35.5. The predicted octanol–water partition coefficient (Wildman–Crippen LogP) is 4.14. The number of aryl methyl sites for hydroxylation is 1. The molecule has 2 aromatic rings. The van der Waals surface area contributed by atoms with E-state index in [4.69, 9.17) is 28.9 Å². The van der Waals surface area contributed by atoms with E-state index in [-0.39, 0.29) is 5.91 Å². The molecule has 0 spiro atoms. The largest absolute Gasteiger partial charge is 0.398 e. The molecule has 0 aliphatic heterocycles. The van der Waals surface area contributed by atoms with E-state index < -0.39 is 0 Å². The molecule has 0 aromatic heterocycles. The van der Waals surface area contributed by atoms with Gasteiger partial charge in [0.15, 0.2) is 0 Å². The third-order valence-electron chi connectivity index (χ3n) is 2.72. The smallest absolute Gasteiger partial charge is 0.255 e. The van der Waals surface area contributed by atoms with Crippen molar-refractivity contribution in [3.63, 3.8) is 0 Å². The quantitative estimate of drug-likeness (QED) is 0.818. The molecule has 3 nitrogen and oxygen atoms in total. The van der Waals surface area contributed by atoms with E-state index in [1.54, 1.807) is 36.4 Å².